The molecule has 41 heavy (non-hydrogen) atoms. The summed E-state index contributed by atoms with van der Waals surface area (Å²) in [7, 11) is 3.45. The molecule has 0 saturated carbocycles. The predicted molar refractivity (Wildman–Crippen MR) is 176 cm³/mol. The van der Waals surface area contributed by atoms with Crippen molar-refractivity contribution >= 4 is 76.0 Å². The summed E-state index contributed by atoms with van der Waals surface area (Å²) < 4.78 is 12.0. The van der Waals surface area contributed by atoms with Crippen LogP contribution in [0.25, 0.3) is 0 Å². The lowest BCUT2D eigenvalue weighted by Gasteiger charge is -2.27. The first-order valence-corrected chi connectivity index (χ1v) is 14.6. The van der Waals surface area contributed by atoms with Gasteiger partial charge in [-0.3, -0.25) is 9.59 Å². The van der Waals surface area contributed by atoms with Crippen LogP contribution in [0.2, 0.25) is 10.0 Å². The second-order valence-electron chi connectivity index (χ2n) is 8.10. The van der Waals surface area contributed by atoms with Crippen LogP contribution < -0.4 is 14.9 Å². The summed E-state index contributed by atoms with van der Waals surface area (Å²) in [5.74, 6) is 0.347. The SMILES string of the molecule is C=C(C)Cl.CCOC.CNc1cc(NC(=O)c2ccc(N3CCOCS3)cc2Cl)ccc1Cl.O=Cc1ccccc1. The highest BCUT2D eigenvalue weighted by Gasteiger charge is 2.16. The molecule has 4 rings (SSSR count). The maximum Gasteiger partial charge on any atom is 0.257 e. The third-order valence-corrected chi connectivity index (χ3v) is 6.55. The van der Waals surface area contributed by atoms with E-state index in [1.54, 1.807) is 75.5 Å². The minimum Gasteiger partial charge on any atom is -0.387 e. The Bertz CT molecular complexity index is 1220. The average molecular weight is 641 g/mol. The molecule has 1 fully saturated rings. The quantitative estimate of drug-likeness (QED) is 0.206. The maximum atomic E-state index is 12.5. The summed E-state index contributed by atoms with van der Waals surface area (Å²) in [6, 6.07) is 19.8. The Kier molecular flexibility index (Phi) is 18.6. The molecule has 1 heterocycles. The zero-order chi connectivity index (χ0) is 30.6. The van der Waals surface area contributed by atoms with Crippen LogP contribution in [0.15, 0.2) is 78.3 Å². The average Bonchev–Trinajstić information content (AvgIpc) is 2.99. The predicted octanol–water partition coefficient (Wildman–Crippen LogP) is 8.64. The molecule has 2 N–H and O–H groups in total. The summed E-state index contributed by atoms with van der Waals surface area (Å²) in [5, 5.41) is 7.45. The van der Waals surface area contributed by atoms with Gasteiger partial charge in [-0.15, -0.1) is 0 Å². The van der Waals surface area contributed by atoms with Crippen molar-refractivity contribution in [3.8, 4) is 0 Å². The summed E-state index contributed by atoms with van der Waals surface area (Å²) in [5.41, 5.74) is 3.49. The minimum absolute atomic E-state index is 0.268. The molecule has 0 unspecified atom stereocenters. The minimum atomic E-state index is -0.268. The molecule has 0 spiro atoms. The van der Waals surface area contributed by atoms with Crippen molar-refractivity contribution in [2.24, 2.45) is 0 Å². The van der Waals surface area contributed by atoms with E-state index in [9.17, 15) is 9.59 Å². The van der Waals surface area contributed by atoms with E-state index >= 15 is 0 Å². The van der Waals surface area contributed by atoms with Gasteiger partial charge in [0.2, 0.25) is 0 Å². The van der Waals surface area contributed by atoms with Gasteiger partial charge in [0.15, 0.2) is 0 Å². The number of amides is 1. The molecular formula is C30H36Cl3N3O4S. The van der Waals surface area contributed by atoms with Gasteiger partial charge in [0, 0.05) is 42.7 Å². The van der Waals surface area contributed by atoms with Gasteiger partial charge in [-0.2, -0.15) is 0 Å². The van der Waals surface area contributed by atoms with E-state index in [0.29, 0.717) is 38.9 Å². The fourth-order valence-electron chi connectivity index (χ4n) is 2.94. The number of nitrogens with one attached hydrogen (secondary N) is 2. The number of hydrogen-bond acceptors (Lipinski definition) is 7. The van der Waals surface area contributed by atoms with Crippen LogP contribution >= 0.6 is 46.8 Å². The fraction of sp³-hybridized carbons (Fsp3) is 0.267. The number of rotatable bonds is 6. The molecule has 3 aromatic rings. The van der Waals surface area contributed by atoms with Gasteiger partial charge >= 0.3 is 0 Å². The van der Waals surface area contributed by atoms with Gasteiger partial charge in [0.25, 0.3) is 5.91 Å². The van der Waals surface area contributed by atoms with E-state index in [1.807, 2.05) is 31.2 Å². The summed E-state index contributed by atoms with van der Waals surface area (Å²) in [4.78, 5) is 22.5. The van der Waals surface area contributed by atoms with Crippen molar-refractivity contribution in [2.45, 2.75) is 13.8 Å². The number of carbonyl (C=O) groups is 2. The lowest BCUT2D eigenvalue weighted by Crippen LogP contribution is -2.26. The first kappa shape index (κ1) is 36.3. The maximum absolute atomic E-state index is 12.5. The van der Waals surface area contributed by atoms with Crippen molar-refractivity contribution in [3.63, 3.8) is 0 Å². The van der Waals surface area contributed by atoms with Crippen molar-refractivity contribution in [3.05, 3.63) is 99.5 Å². The van der Waals surface area contributed by atoms with Crippen LogP contribution in [0.4, 0.5) is 17.1 Å². The standard InChI is InChI=1S/C17H17Cl2N3O2S.C7H6O.C3H5Cl.C3H8O/c1-20-16-8-11(2-5-14(16)18)21-17(23)13-4-3-12(9-15(13)19)22-6-7-24-10-25-22;8-6-7-4-2-1-3-5-7;1-3(2)4;1-3-4-2/h2-5,8-9,20H,6-7,10H2,1H3,(H,21,23);1-6H;1H2,2H3;3H2,1-2H3. The van der Waals surface area contributed by atoms with Crippen LogP contribution in [-0.4, -0.2) is 52.0 Å². The molecule has 0 bridgehead atoms. The number of allylic oxidation sites excluding steroid dienone is 1. The van der Waals surface area contributed by atoms with E-state index in [0.717, 1.165) is 36.4 Å². The number of anilines is 3. The molecule has 0 aliphatic carbocycles. The first-order chi connectivity index (χ1) is 19.7. The Labute approximate surface area is 262 Å². The molecule has 1 aliphatic heterocycles. The number of ether oxygens (including phenoxy) is 2. The molecule has 1 saturated heterocycles. The second-order valence-corrected chi connectivity index (χ2v) is 10.5. The van der Waals surface area contributed by atoms with Gasteiger partial charge < -0.3 is 24.4 Å². The zero-order valence-electron chi connectivity index (χ0n) is 23.6. The topological polar surface area (TPSA) is 79.9 Å². The molecule has 7 nitrogen and oxygen atoms in total. The molecular weight excluding hydrogens is 605 g/mol. The van der Waals surface area contributed by atoms with Crippen molar-refractivity contribution < 1.29 is 19.1 Å². The molecule has 11 heteroatoms. The van der Waals surface area contributed by atoms with Gasteiger partial charge in [-0.1, -0.05) is 71.7 Å². The third-order valence-electron chi connectivity index (χ3n) is 4.93. The summed E-state index contributed by atoms with van der Waals surface area (Å²) >= 11 is 19.0. The number of benzene rings is 3. The lowest BCUT2D eigenvalue weighted by molar-refractivity contribution is 0.102. The Morgan fingerprint density at radius 3 is 2.27 bits per heavy atom. The number of carbonyl (C=O) groups excluding carboxylic acids is 2. The summed E-state index contributed by atoms with van der Waals surface area (Å²) in [6.07, 6.45) is 0.833. The molecule has 0 atom stereocenters. The van der Waals surface area contributed by atoms with Crippen LogP contribution in [0.3, 0.4) is 0 Å². The Hall–Kier alpha value is -2.72. The summed E-state index contributed by atoms with van der Waals surface area (Å²) in [6.45, 7) is 9.30. The lowest BCUT2D eigenvalue weighted by atomic mass is 10.1. The fourth-order valence-corrected chi connectivity index (χ4v) is 4.20. The number of aldehydes is 1. The Morgan fingerprint density at radius 1 is 1.12 bits per heavy atom. The molecule has 0 aromatic heterocycles. The zero-order valence-corrected chi connectivity index (χ0v) is 26.7. The van der Waals surface area contributed by atoms with Crippen LogP contribution in [0.5, 0.6) is 0 Å². The number of hydrogen-bond donors (Lipinski definition) is 2. The molecule has 1 amide bonds. The van der Waals surface area contributed by atoms with Crippen molar-refractivity contribution in [1.82, 2.24) is 0 Å². The van der Waals surface area contributed by atoms with Gasteiger partial charge in [-0.25, -0.2) is 0 Å². The van der Waals surface area contributed by atoms with Crippen LogP contribution in [0.1, 0.15) is 34.6 Å². The smallest absolute Gasteiger partial charge is 0.257 e. The Morgan fingerprint density at radius 2 is 1.78 bits per heavy atom. The molecule has 3 aromatic carbocycles. The third kappa shape index (κ3) is 14.6. The normalized spacial score (nSPS) is 11.7. The molecule has 0 radical (unpaired) electrons. The van der Waals surface area contributed by atoms with Gasteiger partial charge in [0.05, 0.1) is 34.4 Å². The van der Waals surface area contributed by atoms with E-state index in [4.69, 9.17) is 39.5 Å². The highest BCUT2D eigenvalue weighted by molar-refractivity contribution is 8.00. The van der Waals surface area contributed by atoms with Gasteiger partial charge in [-0.05, 0) is 62.2 Å². The van der Waals surface area contributed by atoms with Crippen LogP contribution in [-0.2, 0) is 9.47 Å². The second kappa shape index (κ2) is 21.1. The number of methoxy groups -OCH3 is 1. The Balaban J connectivity index is 0.000000429. The number of nitrogens with zero attached hydrogens (tertiary/aromatic N) is 1. The highest BCUT2D eigenvalue weighted by Crippen LogP contribution is 2.30. The molecule has 1 aliphatic rings. The van der Waals surface area contributed by atoms with Gasteiger partial charge in [0.1, 0.15) is 12.2 Å². The van der Waals surface area contributed by atoms with E-state index in [2.05, 4.69) is 26.3 Å². The monoisotopic (exact) mass is 639 g/mol. The van der Waals surface area contributed by atoms with E-state index in [1.165, 1.54) is 0 Å². The van der Waals surface area contributed by atoms with E-state index < -0.39 is 0 Å². The highest BCUT2D eigenvalue weighted by atomic mass is 35.5. The number of halogens is 3. The van der Waals surface area contributed by atoms with Crippen LogP contribution in [0, 0.1) is 0 Å². The van der Waals surface area contributed by atoms with Crippen molar-refractivity contribution in [2.75, 3.05) is 54.8 Å². The molecule has 222 valence electrons. The first-order valence-electron chi connectivity index (χ1n) is 12.5. The largest absolute Gasteiger partial charge is 0.387 e. The van der Waals surface area contributed by atoms with Crippen molar-refractivity contribution in [1.29, 1.82) is 0 Å². The van der Waals surface area contributed by atoms with E-state index in [-0.39, 0.29) is 5.91 Å².